The van der Waals surface area contributed by atoms with Gasteiger partial charge in [0, 0.05) is 19.2 Å². The average molecular weight is 344 g/mol. The van der Waals surface area contributed by atoms with Crippen LogP contribution in [0.4, 0.5) is 17.1 Å². The van der Waals surface area contributed by atoms with E-state index in [1.54, 1.807) is 4.90 Å². The van der Waals surface area contributed by atoms with E-state index in [1.807, 2.05) is 0 Å². The van der Waals surface area contributed by atoms with Gasteiger partial charge in [-0.25, -0.2) is 13.6 Å². The van der Waals surface area contributed by atoms with Crippen molar-refractivity contribution >= 4 is 27.1 Å². The number of sulfonamides is 1. The third kappa shape index (κ3) is 4.36. The maximum absolute atomic E-state index is 11.2. The van der Waals surface area contributed by atoms with Gasteiger partial charge in [-0.15, -0.1) is 0 Å². The van der Waals surface area contributed by atoms with Gasteiger partial charge in [0.1, 0.15) is 5.69 Å². The van der Waals surface area contributed by atoms with Crippen molar-refractivity contribution in [3.63, 3.8) is 0 Å². The Kier molecular flexibility index (Phi) is 4.80. The van der Waals surface area contributed by atoms with Crippen LogP contribution in [0.1, 0.15) is 12.8 Å². The lowest BCUT2D eigenvalue weighted by atomic mass is 9.99. The molecule has 0 spiro atoms. The zero-order chi connectivity index (χ0) is 17.2. The number of hydrogen-bond donors (Lipinski definition) is 1. The molecule has 1 fully saturated rings. The zero-order valence-corrected chi connectivity index (χ0v) is 12.9. The highest BCUT2D eigenvalue weighted by Crippen LogP contribution is 2.34. The molecule has 1 aliphatic heterocycles. The largest absolute Gasteiger partial charge is 0.366 e. The van der Waals surface area contributed by atoms with Crippen LogP contribution in [-0.2, 0) is 10.0 Å². The van der Waals surface area contributed by atoms with Crippen molar-refractivity contribution < 1.29 is 18.3 Å². The SMILES string of the molecule is NS(=O)(=O)CC1CCCN(c2ccc([N+](=O)[O-])cc2[N+](=O)[O-])C1. The van der Waals surface area contributed by atoms with Crippen LogP contribution in [0.25, 0.3) is 0 Å². The Bertz CT molecular complexity index is 735. The highest BCUT2D eigenvalue weighted by molar-refractivity contribution is 7.89. The first kappa shape index (κ1) is 17.1. The molecule has 0 amide bonds. The first-order chi connectivity index (χ1) is 10.7. The fourth-order valence-corrected chi connectivity index (χ4v) is 3.72. The molecule has 126 valence electrons. The zero-order valence-electron chi connectivity index (χ0n) is 12.1. The monoisotopic (exact) mass is 344 g/mol. The molecule has 23 heavy (non-hydrogen) atoms. The topological polar surface area (TPSA) is 150 Å². The van der Waals surface area contributed by atoms with Crippen molar-refractivity contribution in [2.75, 3.05) is 23.7 Å². The number of piperidine rings is 1. The van der Waals surface area contributed by atoms with Gasteiger partial charge in [-0.1, -0.05) is 0 Å². The second-order valence-electron chi connectivity index (χ2n) is 5.47. The normalized spacial score (nSPS) is 18.7. The highest BCUT2D eigenvalue weighted by atomic mass is 32.2. The summed E-state index contributed by atoms with van der Waals surface area (Å²) in [4.78, 5) is 22.3. The average Bonchev–Trinajstić information content (AvgIpc) is 2.45. The predicted molar refractivity (Wildman–Crippen MR) is 82.7 cm³/mol. The predicted octanol–water partition coefficient (Wildman–Crippen LogP) is 1.01. The standard InChI is InChI=1S/C12H16N4O6S/c13-23(21,22)8-9-2-1-5-14(7-9)11-4-3-10(15(17)18)6-12(11)16(19)20/h3-4,6,9H,1-2,5,7-8H2,(H2,13,21,22). The molecule has 1 saturated heterocycles. The molecular weight excluding hydrogens is 328 g/mol. The van der Waals surface area contributed by atoms with Crippen molar-refractivity contribution in [3.8, 4) is 0 Å². The quantitative estimate of drug-likeness (QED) is 0.618. The molecule has 2 rings (SSSR count). The van der Waals surface area contributed by atoms with E-state index >= 15 is 0 Å². The van der Waals surface area contributed by atoms with Crippen LogP contribution in [0, 0.1) is 26.1 Å². The van der Waals surface area contributed by atoms with Crippen molar-refractivity contribution in [1.82, 2.24) is 0 Å². The van der Waals surface area contributed by atoms with Gasteiger partial charge >= 0.3 is 0 Å². The summed E-state index contributed by atoms with van der Waals surface area (Å²) in [6, 6.07) is 3.44. The summed E-state index contributed by atoms with van der Waals surface area (Å²) in [5.41, 5.74) is -0.478. The first-order valence-corrected chi connectivity index (χ1v) is 8.57. The molecule has 1 unspecified atom stereocenters. The lowest BCUT2D eigenvalue weighted by Gasteiger charge is -2.33. The third-order valence-electron chi connectivity index (χ3n) is 3.69. The van der Waals surface area contributed by atoms with E-state index < -0.39 is 19.9 Å². The summed E-state index contributed by atoms with van der Waals surface area (Å²) >= 11 is 0. The fourth-order valence-electron chi connectivity index (χ4n) is 2.79. The Morgan fingerprint density at radius 1 is 1.26 bits per heavy atom. The Morgan fingerprint density at radius 3 is 2.52 bits per heavy atom. The molecule has 1 aromatic carbocycles. The van der Waals surface area contributed by atoms with Gasteiger partial charge in [-0.3, -0.25) is 20.2 Å². The van der Waals surface area contributed by atoms with Gasteiger partial charge in [-0.05, 0) is 24.8 Å². The van der Waals surface area contributed by atoms with Gasteiger partial charge in [0.25, 0.3) is 11.4 Å². The Labute approximate surface area is 132 Å². The number of benzene rings is 1. The number of rotatable bonds is 5. The molecule has 11 heteroatoms. The van der Waals surface area contributed by atoms with E-state index in [9.17, 15) is 28.6 Å². The third-order valence-corrected chi connectivity index (χ3v) is 4.63. The van der Waals surface area contributed by atoms with Gasteiger partial charge in [0.2, 0.25) is 10.0 Å². The van der Waals surface area contributed by atoms with Crippen LogP contribution in [0.15, 0.2) is 18.2 Å². The molecule has 1 aromatic rings. The number of anilines is 1. The summed E-state index contributed by atoms with van der Waals surface area (Å²) in [7, 11) is -3.62. The van der Waals surface area contributed by atoms with Crippen LogP contribution < -0.4 is 10.0 Å². The number of hydrogen-bond acceptors (Lipinski definition) is 7. The summed E-state index contributed by atoms with van der Waals surface area (Å²) < 4.78 is 22.4. The van der Waals surface area contributed by atoms with Gasteiger partial charge in [-0.2, -0.15) is 0 Å². The summed E-state index contributed by atoms with van der Waals surface area (Å²) in [5.74, 6) is -0.418. The number of nitro benzene ring substituents is 2. The summed E-state index contributed by atoms with van der Waals surface area (Å²) in [6.45, 7) is 0.814. The van der Waals surface area contributed by atoms with E-state index in [2.05, 4.69) is 0 Å². The second kappa shape index (κ2) is 6.46. The summed E-state index contributed by atoms with van der Waals surface area (Å²) in [6.07, 6.45) is 1.32. The smallest absolute Gasteiger partial charge is 0.299 e. The fraction of sp³-hybridized carbons (Fsp3) is 0.500. The molecular formula is C12H16N4O6S. The number of nitro groups is 2. The van der Waals surface area contributed by atoms with Crippen molar-refractivity contribution in [2.45, 2.75) is 12.8 Å². The first-order valence-electron chi connectivity index (χ1n) is 6.85. The van der Waals surface area contributed by atoms with Crippen LogP contribution in [-0.4, -0.2) is 37.1 Å². The van der Waals surface area contributed by atoms with Crippen molar-refractivity contribution in [3.05, 3.63) is 38.4 Å². The molecule has 0 aliphatic carbocycles. The molecule has 0 saturated carbocycles. The van der Waals surface area contributed by atoms with Gasteiger partial charge in [0.05, 0.1) is 21.7 Å². The lowest BCUT2D eigenvalue weighted by Crippen LogP contribution is -2.39. The molecule has 0 bridgehead atoms. The maximum atomic E-state index is 11.2. The molecule has 1 aliphatic rings. The Balaban J connectivity index is 2.30. The molecule has 1 heterocycles. The molecule has 1 atom stereocenters. The van der Waals surface area contributed by atoms with E-state index in [0.29, 0.717) is 25.9 Å². The second-order valence-corrected chi connectivity index (χ2v) is 7.13. The van der Waals surface area contributed by atoms with E-state index in [-0.39, 0.29) is 28.7 Å². The van der Waals surface area contributed by atoms with Gasteiger partial charge in [0.15, 0.2) is 0 Å². The van der Waals surface area contributed by atoms with Crippen molar-refractivity contribution in [1.29, 1.82) is 0 Å². The summed E-state index contributed by atoms with van der Waals surface area (Å²) in [5, 5.41) is 27.0. The van der Waals surface area contributed by atoms with Crippen LogP contribution in [0.2, 0.25) is 0 Å². The molecule has 2 N–H and O–H groups in total. The van der Waals surface area contributed by atoms with Crippen LogP contribution in [0.5, 0.6) is 0 Å². The minimum atomic E-state index is -3.62. The minimum Gasteiger partial charge on any atom is -0.366 e. The minimum absolute atomic E-state index is 0.190. The lowest BCUT2D eigenvalue weighted by molar-refractivity contribution is -0.393. The molecule has 10 nitrogen and oxygen atoms in total. The van der Waals surface area contributed by atoms with Crippen LogP contribution in [0.3, 0.4) is 0 Å². The van der Waals surface area contributed by atoms with E-state index in [1.165, 1.54) is 12.1 Å². The Morgan fingerprint density at radius 2 is 1.96 bits per heavy atom. The van der Waals surface area contributed by atoms with Crippen molar-refractivity contribution in [2.24, 2.45) is 11.1 Å². The number of non-ortho nitro benzene ring substituents is 1. The number of nitrogens with two attached hydrogens (primary N) is 1. The van der Waals surface area contributed by atoms with Gasteiger partial charge < -0.3 is 4.90 Å². The van der Waals surface area contributed by atoms with Crippen LogP contribution >= 0.6 is 0 Å². The van der Waals surface area contributed by atoms with E-state index in [4.69, 9.17) is 5.14 Å². The molecule has 0 radical (unpaired) electrons. The maximum Gasteiger partial charge on any atom is 0.299 e. The number of primary sulfonamides is 1. The molecule has 0 aromatic heterocycles. The number of nitrogens with zero attached hydrogens (tertiary/aromatic N) is 3. The highest BCUT2D eigenvalue weighted by Gasteiger charge is 2.29. The van der Waals surface area contributed by atoms with E-state index in [0.717, 1.165) is 6.07 Å². The Hall–Kier alpha value is -2.27.